The van der Waals surface area contributed by atoms with Gasteiger partial charge >= 0.3 is 0 Å². The number of methoxy groups -OCH3 is 1. The van der Waals surface area contributed by atoms with Crippen molar-refractivity contribution in [2.24, 2.45) is 4.99 Å². The van der Waals surface area contributed by atoms with Gasteiger partial charge in [0.15, 0.2) is 5.96 Å². The molecular weight excluding hydrogens is 293 g/mol. The highest BCUT2D eigenvalue weighted by molar-refractivity contribution is 5.79. The van der Waals surface area contributed by atoms with Crippen molar-refractivity contribution in [1.29, 1.82) is 0 Å². The quantitative estimate of drug-likeness (QED) is 0.636. The summed E-state index contributed by atoms with van der Waals surface area (Å²) in [6.07, 6.45) is 0. The zero-order chi connectivity index (χ0) is 16.5. The van der Waals surface area contributed by atoms with Gasteiger partial charge in [-0.3, -0.25) is 0 Å². The van der Waals surface area contributed by atoms with Gasteiger partial charge in [0.05, 0.1) is 13.7 Å². The van der Waals surface area contributed by atoms with Crippen molar-refractivity contribution in [3.05, 3.63) is 65.5 Å². The Bertz CT molecular complexity index is 658. The third-order valence-corrected chi connectivity index (χ3v) is 3.30. The van der Waals surface area contributed by atoms with E-state index in [2.05, 4.69) is 15.6 Å². The minimum absolute atomic E-state index is 0.219. The normalized spacial score (nSPS) is 11.2. The number of nitrogens with one attached hydrogen (secondary N) is 2. The Kier molecular flexibility index (Phi) is 6.41. The molecule has 122 valence electrons. The molecule has 23 heavy (non-hydrogen) atoms. The lowest BCUT2D eigenvalue weighted by atomic mass is 10.2. The Balaban J connectivity index is 2.00. The molecule has 0 fully saturated rings. The maximum Gasteiger partial charge on any atom is 0.191 e. The molecule has 2 rings (SSSR count). The highest BCUT2D eigenvalue weighted by Crippen LogP contribution is 2.13. The molecule has 0 saturated carbocycles. The van der Waals surface area contributed by atoms with Crippen molar-refractivity contribution in [2.75, 3.05) is 13.7 Å². The molecule has 0 atom stereocenters. The van der Waals surface area contributed by atoms with Crippen molar-refractivity contribution in [3.8, 4) is 5.75 Å². The summed E-state index contributed by atoms with van der Waals surface area (Å²) >= 11 is 0. The van der Waals surface area contributed by atoms with Crippen molar-refractivity contribution in [2.45, 2.75) is 20.0 Å². The highest BCUT2D eigenvalue weighted by atomic mass is 19.1. The third-order valence-electron chi connectivity index (χ3n) is 3.30. The van der Waals surface area contributed by atoms with Crippen LogP contribution in [0.2, 0.25) is 0 Å². The van der Waals surface area contributed by atoms with E-state index in [4.69, 9.17) is 4.74 Å². The van der Waals surface area contributed by atoms with Crippen molar-refractivity contribution < 1.29 is 9.13 Å². The number of nitrogens with zero attached hydrogens (tertiary/aromatic N) is 1. The van der Waals surface area contributed by atoms with E-state index in [1.54, 1.807) is 19.2 Å². The fourth-order valence-corrected chi connectivity index (χ4v) is 2.10. The standard InChI is InChI=1S/C18H22FN3O/c1-3-20-18(22-13-15-8-4-5-10-17(15)19)21-12-14-7-6-9-16(11-14)23-2/h4-11H,3,12-13H2,1-2H3,(H2,20,21,22). The number of hydrogen-bond acceptors (Lipinski definition) is 2. The molecule has 0 radical (unpaired) electrons. The Morgan fingerprint density at radius 3 is 2.70 bits per heavy atom. The lowest BCUT2D eigenvalue weighted by Gasteiger charge is -2.12. The van der Waals surface area contributed by atoms with Gasteiger partial charge < -0.3 is 15.4 Å². The molecule has 0 spiro atoms. The number of halogens is 1. The van der Waals surface area contributed by atoms with E-state index in [0.717, 1.165) is 17.9 Å². The summed E-state index contributed by atoms with van der Waals surface area (Å²) < 4.78 is 18.9. The zero-order valence-corrected chi connectivity index (χ0v) is 13.5. The average molecular weight is 315 g/mol. The van der Waals surface area contributed by atoms with E-state index in [1.807, 2.05) is 37.3 Å². The largest absolute Gasteiger partial charge is 0.497 e. The van der Waals surface area contributed by atoms with E-state index < -0.39 is 0 Å². The maximum atomic E-state index is 13.6. The summed E-state index contributed by atoms with van der Waals surface area (Å²) in [6, 6.07) is 14.5. The van der Waals surface area contributed by atoms with Crippen molar-refractivity contribution in [3.63, 3.8) is 0 Å². The Hall–Kier alpha value is -2.56. The molecule has 0 saturated heterocycles. The average Bonchev–Trinajstić information content (AvgIpc) is 2.59. The lowest BCUT2D eigenvalue weighted by molar-refractivity contribution is 0.414. The van der Waals surface area contributed by atoms with Crippen molar-refractivity contribution in [1.82, 2.24) is 10.6 Å². The van der Waals surface area contributed by atoms with Gasteiger partial charge in [0, 0.05) is 18.7 Å². The Morgan fingerprint density at radius 1 is 1.13 bits per heavy atom. The van der Waals surface area contributed by atoms with Crippen LogP contribution in [-0.2, 0) is 13.1 Å². The molecule has 0 aliphatic rings. The molecule has 0 heterocycles. The van der Waals surface area contributed by atoms with Crippen LogP contribution in [0.4, 0.5) is 4.39 Å². The molecular formula is C18H22FN3O. The summed E-state index contributed by atoms with van der Waals surface area (Å²) in [5.74, 6) is 1.24. The summed E-state index contributed by atoms with van der Waals surface area (Å²) in [5, 5.41) is 6.30. The van der Waals surface area contributed by atoms with E-state index in [1.165, 1.54) is 6.07 Å². The van der Waals surface area contributed by atoms with Crippen LogP contribution in [0.25, 0.3) is 0 Å². The van der Waals surface area contributed by atoms with E-state index in [-0.39, 0.29) is 5.82 Å². The fraction of sp³-hybridized carbons (Fsp3) is 0.278. The van der Waals surface area contributed by atoms with Crippen LogP contribution in [0.3, 0.4) is 0 Å². The van der Waals surface area contributed by atoms with Crippen LogP contribution in [0.15, 0.2) is 53.5 Å². The fourth-order valence-electron chi connectivity index (χ4n) is 2.10. The van der Waals surface area contributed by atoms with Crippen LogP contribution in [-0.4, -0.2) is 19.6 Å². The van der Waals surface area contributed by atoms with E-state index >= 15 is 0 Å². The molecule has 0 amide bonds. The van der Waals surface area contributed by atoms with Crippen LogP contribution < -0.4 is 15.4 Å². The predicted molar refractivity (Wildman–Crippen MR) is 91.0 cm³/mol. The minimum atomic E-state index is -0.219. The van der Waals surface area contributed by atoms with Crippen LogP contribution in [0.1, 0.15) is 18.1 Å². The van der Waals surface area contributed by atoms with E-state index in [9.17, 15) is 4.39 Å². The first kappa shape index (κ1) is 16.8. The zero-order valence-electron chi connectivity index (χ0n) is 13.5. The monoisotopic (exact) mass is 315 g/mol. The smallest absolute Gasteiger partial charge is 0.191 e. The number of rotatable bonds is 6. The van der Waals surface area contributed by atoms with Crippen LogP contribution in [0, 0.1) is 5.82 Å². The van der Waals surface area contributed by atoms with Crippen molar-refractivity contribution >= 4 is 5.96 Å². The highest BCUT2D eigenvalue weighted by Gasteiger charge is 2.03. The number of benzene rings is 2. The number of guanidine groups is 1. The number of ether oxygens (including phenoxy) is 1. The molecule has 0 aromatic heterocycles. The van der Waals surface area contributed by atoms with Gasteiger partial charge in [-0.05, 0) is 30.7 Å². The van der Waals surface area contributed by atoms with Gasteiger partial charge in [0.1, 0.15) is 11.6 Å². The second kappa shape index (κ2) is 8.78. The molecule has 0 bridgehead atoms. The molecule has 0 unspecified atom stereocenters. The van der Waals surface area contributed by atoms with Crippen LogP contribution in [0.5, 0.6) is 5.75 Å². The molecule has 2 N–H and O–H groups in total. The molecule has 5 heteroatoms. The first-order valence-corrected chi connectivity index (χ1v) is 7.61. The second-order valence-electron chi connectivity index (χ2n) is 4.99. The van der Waals surface area contributed by atoms with Gasteiger partial charge in [0.2, 0.25) is 0 Å². The minimum Gasteiger partial charge on any atom is -0.497 e. The number of hydrogen-bond donors (Lipinski definition) is 2. The van der Waals surface area contributed by atoms with Gasteiger partial charge in [0.25, 0.3) is 0 Å². The first-order chi connectivity index (χ1) is 11.2. The topological polar surface area (TPSA) is 45.7 Å². The Labute approximate surface area is 136 Å². The van der Waals surface area contributed by atoms with Gasteiger partial charge in [-0.2, -0.15) is 0 Å². The first-order valence-electron chi connectivity index (χ1n) is 7.61. The summed E-state index contributed by atoms with van der Waals surface area (Å²) in [7, 11) is 1.64. The SMILES string of the molecule is CCNC(=NCc1cccc(OC)c1)NCc1ccccc1F. The lowest BCUT2D eigenvalue weighted by Crippen LogP contribution is -2.37. The molecule has 0 aliphatic carbocycles. The molecule has 0 aliphatic heterocycles. The molecule has 4 nitrogen and oxygen atoms in total. The van der Waals surface area contributed by atoms with E-state index in [0.29, 0.717) is 24.6 Å². The summed E-state index contributed by atoms with van der Waals surface area (Å²) in [5.41, 5.74) is 1.66. The van der Waals surface area contributed by atoms with Crippen LogP contribution >= 0.6 is 0 Å². The van der Waals surface area contributed by atoms with Gasteiger partial charge in [-0.1, -0.05) is 30.3 Å². The predicted octanol–water partition coefficient (Wildman–Crippen LogP) is 3.09. The Morgan fingerprint density at radius 2 is 1.96 bits per heavy atom. The second-order valence-corrected chi connectivity index (χ2v) is 4.99. The third kappa shape index (κ3) is 5.29. The van der Waals surface area contributed by atoms with Gasteiger partial charge in [-0.15, -0.1) is 0 Å². The molecule has 2 aromatic rings. The summed E-state index contributed by atoms with van der Waals surface area (Å²) in [4.78, 5) is 4.52. The summed E-state index contributed by atoms with van der Waals surface area (Å²) in [6.45, 7) is 3.63. The maximum absolute atomic E-state index is 13.6. The molecule has 2 aromatic carbocycles. The number of aliphatic imine (C=N–C) groups is 1. The van der Waals surface area contributed by atoms with Gasteiger partial charge in [-0.25, -0.2) is 9.38 Å².